The molecule has 0 bridgehead atoms. The van der Waals surface area contributed by atoms with Crippen molar-refractivity contribution in [3.63, 3.8) is 0 Å². The monoisotopic (exact) mass is 448 g/mol. The Balaban J connectivity index is 1.43. The van der Waals surface area contributed by atoms with E-state index in [0.29, 0.717) is 35.2 Å². The first-order valence-electron chi connectivity index (χ1n) is 10.4. The van der Waals surface area contributed by atoms with Crippen LogP contribution in [0.5, 0.6) is 0 Å². The maximum Gasteiger partial charge on any atom is 0.252 e. The molecule has 0 fully saturated rings. The smallest absolute Gasteiger partial charge is 0.252 e. The molecule has 0 aliphatic carbocycles. The van der Waals surface area contributed by atoms with Gasteiger partial charge < -0.3 is 15.6 Å². The van der Waals surface area contributed by atoms with Gasteiger partial charge in [-0.05, 0) is 49.2 Å². The molecule has 0 radical (unpaired) electrons. The second-order valence-corrected chi connectivity index (χ2v) is 7.64. The summed E-state index contributed by atoms with van der Waals surface area (Å²) >= 11 is 0. The largest absolute Gasteiger partial charge is 0.356 e. The maximum atomic E-state index is 14.0. The molecule has 0 aliphatic heterocycles. The number of nitrogens with zero attached hydrogens (tertiary/aromatic N) is 1. The molecule has 4 rings (SSSR count). The molecule has 3 N–H and O–H groups in total. The number of carbonyl (C=O) groups is 2. The molecule has 2 heterocycles. The highest BCUT2D eigenvalue weighted by atomic mass is 19.1. The van der Waals surface area contributed by atoms with Gasteiger partial charge in [-0.2, -0.15) is 0 Å². The van der Waals surface area contributed by atoms with Crippen molar-refractivity contribution in [1.82, 2.24) is 20.6 Å². The highest BCUT2D eigenvalue weighted by Crippen LogP contribution is 2.26. The lowest BCUT2D eigenvalue weighted by molar-refractivity contribution is 0.0949. The average Bonchev–Trinajstić information content (AvgIpc) is 3.14. The van der Waals surface area contributed by atoms with Crippen molar-refractivity contribution in [1.29, 1.82) is 0 Å². The van der Waals surface area contributed by atoms with E-state index >= 15 is 0 Å². The molecule has 8 heteroatoms. The zero-order valence-corrected chi connectivity index (χ0v) is 18.1. The van der Waals surface area contributed by atoms with Crippen LogP contribution >= 0.6 is 0 Å². The Labute approximate surface area is 189 Å². The Hall–Kier alpha value is -4.07. The molecule has 168 valence electrons. The van der Waals surface area contributed by atoms with Gasteiger partial charge in [0.15, 0.2) is 0 Å². The number of fused-ring (bicyclic) bond motifs is 1. The number of hydrogen-bond donors (Lipinski definition) is 3. The zero-order chi connectivity index (χ0) is 23.5. The van der Waals surface area contributed by atoms with Gasteiger partial charge in [0.25, 0.3) is 11.8 Å². The van der Waals surface area contributed by atoms with Crippen LogP contribution < -0.4 is 10.6 Å². The molecule has 6 nitrogen and oxygen atoms in total. The highest BCUT2D eigenvalue weighted by molar-refractivity contribution is 5.96. The summed E-state index contributed by atoms with van der Waals surface area (Å²) in [6, 6.07) is 12.6. The van der Waals surface area contributed by atoms with Crippen molar-refractivity contribution in [2.24, 2.45) is 0 Å². The molecule has 2 aromatic carbocycles. The van der Waals surface area contributed by atoms with Gasteiger partial charge in [-0.15, -0.1) is 0 Å². The minimum absolute atomic E-state index is 0.191. The Morgan fingerprint density at radius 2 is 1.85 bits per heavy atom. The van der Waals surface area contributed by atoms with Crippen LogP contribution in [0.4, 0.5) is 8.78 Å². The van der Waals surface area contributed by atoms with E-state index in [1.165, 1.54) is 12.3 Å². The van der Waals surface area contributed by atoms with Crippen LogP contribution in [0.2, 0.25) is 0 Å². The lowest BCUT2D eigenvalue weighted by Gasteiger charge is -2.07. The molecule has 0 spiro atoms. The van der Waals surface area contributed by atoms with Crippen molar-refractivity contribution in [3.8, 4) is 11.3 Å². The number of aromatic amines is 1. The number of aryl methyl sites for hydroxylation is 1. The summed E-state index contributed by atoms with van der Waals surface area (Å²) < 4.78 is 27.6. The minimum Gasteiger partial charge on any atom is -0.356 e. The van der Waals surface area contributed by atoms with E-state index in [1.54, 1.807) is 44.3 Å². The van der Waals surface area contributed by atoms with Gasteiger partial charge in [0, 0.05) is 48.1 Å². The summed E-state index contributed by atoms with van der Waals surface area (Å²) in [5.74, 6) is -1.78. The summed E-state index contributed by atoms with van der Waals surface area (Å²) in [6.07, 6.45) is 1.89. The van der Waals surface area contributed by atoms with E-state index in [1.807, 2.05) is 6.07 Å². The molecule has 2 amide bonds. The van der Waals surface area contributed by atoms with Crippen molar-refractivity contribution in [2.45, 2.75) is 13.3 Å². The van der Waals surface area contributed by atoms with Crippen molar-refractivity contribution >= 4 is 22.7 Å². The number of rotatable bonds is 6. The summed E-state index contributed by atoms with van der Waals surface area (Å²) in [5, 5.41) is 5.87. The number of amides is 2. The number of pyridine rings is 1. The van der Waals surface area contributed by atoms with Crippen LogP contribution in [0.15, 0.2) is 54.7 Å². The number of hydrogen-bond acceptors (Lipinski definition) is 3. The zero-order valence-electron chi connectivity index (χ0n) is 18.1. The first-order chi connectivity index (χ1) is 15.9. The molecule has 0 saturated carbocycles. The third kappa shape index (κ3) is 4.59. The van der Waals surface area contributed by atoms with Crippen molar-refractivity contribution < 1.29 is 18.4 Å². The number of H-pyrrole nitrogens is 1. The molecule has 0 saturated heterocycles. The fraction of sp³-hybridized carbons (Fsp3) is 0.160. The number of halogens is 2. The molecule has 2 aromatic heterocycles. The van der Waals surface area contributed by atoms with Gasteiger partial charge in [-0.1, -0.05) is 12.1 Å². The average molecular weight is 448 g/mol. The van der Waals surface area contributed by atoms with Gasteiger partial charge in [0.2, 0.25) is 0 Å². The topological polar surface area (TPSA) is 86.9 Å². The molecule has 33 heavy (non-hydrogen) atoms. The molecule has 0 aliphatic rings. The molecule has 0 atom stereocenters. The molecular formula is C25H22F2N4O2. The van der Waals surface area contributed by atoms with Gasteiger partial charge >= 0.3 is 0 Å². The van der Waals surface area contributed by atoms with E-state index in [9.17, 15) is 18.4 Å². The fourth-order valence-electron chi connectivity index (χ4n) is 3.79. The van der Waals surface area contributed by atoms with E-state index in [-0.39, 0.29) is 17.3 Å². The fourth-order valence-corrected chi connectivity index (χ4v) is 3.79. The third-order valence-electron chi connectivity index (χ3n) is 5.48. The Morgan fingerprint density at radius 3 is 2.58 bits per heavy atom. The minimum atomic E-state index is -0.643. The van der Waals surface area contributed by atoms with E-state index < -0.39 is 11.6 Å². The van der Waals surface area contributed by atoms with E-state index in [0.717, 1.165) is 22.9 Å². The number of nitrogens with one attached hydrogen (secondary N) is 3. The van der Waals surface area contributed by atoms with Crippen LogP contribution in [0.25, 0.3) is 22.2 Å². The van der Waals surface area contributed by atoms with Gasteiger partial charge in [0.1, 0.15) is 11.6 Å². The Morgan fingerprint density at radius 1 is 1.03 bits per heavy atom. The SMILES string of the molecule is CNC(=O)c1cccc(-c2ccc(C(=O)NCCc3c(C)[nH]c4c(F)cc(F)cc34)cn2)c1. The van der Waals surface area contributed by atoms with Gasteiger partial charge in [0.05, 0.1) is 16.8 Å². The third-order valence-corrected chi connectivity index (χ3v) is 5.48. The summed E-state index contributed by atoms with van der Waals surface area (Å²) in [4.78, 5) is 31.6. The lowest BCUT2D eigenvalue weighted by Crippen LogP contribution is -2.25. The van der Waals surface area contributed by atoms with Crippen LogP contribution in [-0.2, 0) is 6.42 Å². The normalized spacial score (nSPS) is 10.9. The summed E-state index contributed by atoms with van der Waals surface area (Å²) in [7, 11) is 1.57. The van der Waals surface area contributed by atoms with Gasteiger partial charge in [-0.25, -0.2) is 8.78 Å². The quantitative estimate of drug-likeness (QED) is 0.414. The van der Waals surface area contributed by atoms with E-state index in [4.69, 9.17) is 0 Å². The Bertz CT molecular complexity index is 1350. The maximum absolute atomic E-state index is 14.0. The van der Waals surface area contributed by atoms with Crippen LogP contribution in [0.3, 0.4) is 0 Å². The first-order valence-corrected chi connectivity index (χ1v) is 10.4. The highest BCUT2D eigenvalue weighted by Gasteiger charge is 2.14. The van der Waals surface area contributed by atoms with Crippen LogP contribution in [0.1, 0.15) is 32.0 Å². The second kappa shape index (κ2) is 9.20. The predicted molar refractivity (Wildman–Crippen MR) is 122 cm³/mol. The number of carbonyl (C=O) groups excluding carboxylic acids is 2. The molecule has 0 unspecified atom stereocenters. The molecule has 4 aromatic rings. The van der Waals surface area contributed by atoms with Gasteiger partial charge in [-0.3, -0.25) is 14.6 Å². The van der Waals surface area contributed by atoms with E-state index in [2.05, 4.69) is 20.6 Å². The summed E-state index contributed by atoms with van der Waals surface area (Å²) in [5.41, 5.74) is 4.05. The standard InChI is InChI=1S/C25H22F2N4O2/c1-14-19(20-11-18(26)12-21(27)23(20)31-14)8-9-29-25(33)17-6-7-22(30-13-17)15-4-3-5-16(10-15)24(32)28-2/h3-7,10-13,31H,8-9H2,1-2H3,(H,28,32)(H,29,33). The molecular weight excluding hydrogens is 426 g/mol. The van der Waals surface area contributed by atoms with Crippen molar-refractivity contribution in [3.05, 3.63) is 88.7 Å². The predicted octanol–water partition coefficient (Wildman–Crippen LogP) is 4.15. The lowest BCUT2D eigenvalue weighted by atomic mass is 10.1. The first kappa shape index (κ1) is 22.1. The van der Waals surface area contributed by atoms with Crippen LogP contribution in [0, 0.1) is 18.6 Å². The Kier molecular flexibility index (Phi) is 6.17. The van der Waals surface area contributed by atoms with Crippen LogP contribution in [-0.4, -0.2) is 35.4 Å². The number of aromatic nitrogens is 2. The second-order valence-electron chi connectivity index (χ2n) is 7.64. The van der Waals surface area contributed by atoms with Crippen molar-refractivity contribution in [2.75, 3.05) is 13.6 Å². The number of benzene rings is 2. The summed E-state index contributed by atoms with van der Waals surface area (Å²) in [6.45, 7) is 2.08.